The molecule has 1 heterocycles. The summed E-state index contributed by atoms with van der Waals surface area (Å²) in [5.41, 5.74) is 11.8. The molecule has 4 amide bonds. The number of rotatable bonds is 19. The number of hydrazine groups is 1. The molecule has 1 aromatic carbocycles. The zero-order chi connectivity index (χ0) is 26.9. The van der Waals surface area contributed by atoms with Crippen LogP contribution in [-0.4, -0.2) is 75.0 Å². The van der Waals surface area contributed by atoms with Crippen LogP contribution in [0.25, 0.3) is 0 Å². The Morgan fingerprint density at radius 2 is 1.59 bits per heavy atom. The number of nitrogens with one attached hydrogen (secondary N) is 5. The van der Waals surface area contributed by atoms with Crippen LogP contribution in [0.1, 0.15) is 38.2 Å². The highest BCUT2D eigenvalue weighted by molar-refractivity contribution is 5.86. The molecule has 13 heteroatoms. The van der Waals surface area contributed by atoms with Gasteiger partial charge in [-0.2, -0.15) is 0 Å². The van der Waals surface area contributed by atoms with Gasteiger partial charge in [-0.15, -0.1) is 0 Å². The molecule has 0 aliphatic carbocycles. The van der Waals surface area contributed by atoms with Crippen LogP contribution in [0.5, 0.6) is 0 Å². The first-order valence-corrected chi connectivity index (χ1v) is 12.3. The summed E-state index contributed by atoms with van der Waals surface area (Å²) >= 11 is 0. The number of carbonyl (C=O) groups is 4. The Labute approximate surface area is 216 Å². The van der Waals surface area contributed by atoms with Gasteiger partial charge in [-0.25, -0.2) is 15.6 Å². The largest absolute Gasteiger partial charge is 0.445 e. The predicted octanol–water partition coefficient (Wildman–Crippen LogP) is -0.583. The van der Waals surface area contributed by atoms with Gasteiger partial charge in [-0.3, -0.25) is 14.4 Å². The summed E-state index contributed by atoms with van der Waals surface area (Å²) in [6, 6.07) is 8.12. The van der Waals surface area contributed by atoms with Crippen LogP contribution in [0.15, 0.2) is 30.3 Å². The Hall–Kier alpha value is -3.26. The van der Waals surface area contributed by atoms with Gasteiger partial charge in [-0.1, -0.05) is 30.3 Å². The van der Waals surface area contributed by atoms with Gasteiger partial charge in [0.1, 0.15) is 12.6 Å². The Morgan fingerprint density at radius 1 is 0.946 bits per heavy atom. The van der Waals surface area contributed by atoms with Crippen LogP contribution in [0.3, 0.4) is 0 Å². The van der Waals surface area contributed by atoms with Crippen molar-refractivity contribution in [3.8, 4) is 0 Å². The molecular formula is C24H38N6O7. The molecule has 2 rings (SSSR count). The lowest BCUT2D eigenvalue weighted by molar-refractivity contribution is -0.124. The van der Waals surface area contributed by atoms with Crippen molar-refractivity contribution in [1.82, 2.24) is 26.8 Å². The summed E-state index contributed by atoms with van der Waals surface area (Å²) in [5, 5.41) is 7.91. The fourth-order valence-corrected chi connectivity index (χ4v) is 3.10. The number of hydrogen-bond acceptors (Lipinski definition) is 9. The van der Waals surface area contributed by atoms with Gasteiger partial charge in [0.25, 0.3) is 0 Å². The van der Waals surface area contributed by atoms with Crippen LogP contribution in [0.4, 0.5) is 4.79 Å². The van der Waals surface area contributed by atoms with Crippen LogP contribution >= 0.6 is 0 Å². The maximum atomic E-state index is 12.5. The number of nitrogens with two attached hydrogens (primary N) is 1. The first-order chi connectivity index (χ1) is 17.8. The van der Waals surface area contributed by atoms with Crippen molar-refractivity contribution in [1.29, 1.82) is 0 Å². The molecule has 0 aromatic heterocycles. The molecule has 1 unspecified atom stereocenters. The maximum Gasteiger partial charge on any atom is 0.408 e. The average Bonchev–Trinajstić information content (AvgIpc) is 3.62. The van der Waals surface area contributed by atoms with E-state index in [1.165, 1.54) is 0 Å². The van der Waals surface area contributed by atoms with E-state index < -0.39 is 23.9 Å². The molecular weight excluding hydrogens is 484 g/mol. The summed E-state index contributed by atoms with van der Waals surface area (Å²) in [7, 11) is 0. The molecule has 206 valence electrons. The molecule has 1 aliphatic heterocycles. The van der Waals surface area contributed by atoms with Crippen molar-refractivity contribution < 1.29 is 33.4 Å². The molecule has 1 atom stereocenters. The van der Waals surface area contributed by atoms with Crippen molar-refractivity contribution in [3.63, 3.8) is 0 Å². The van der Waals surface area contributed by atoms with E-state index in [0.717, 1.165) is 5.56 Å². The minimum atomic E-state index is -0.978. The van der Waals surface area contributed by atoms with E-state index >= 15 is 0 Å². The molecule has 13 nitrogen and oxygen atoms in total. The van der Waals surface area contributed by atoms with Gasteiger partial charge in [0.15, 0.2) is 0 Å². The Bertz CT molecular complexity index is 866. The van der Waals surface area contributed by atoms with Gasteiger partial charge in [-0.05, 0) is 25.3 Å². The summed E-state index contributed by atoms with van der Waals surface area (Å²) in [5.74, 6) is -1.08. The van der Waals surface area contributed by atoms with Crippen LogP contribution in [0.2, 0.25) is 0 Å². The van der Waals surface area contributed by atoms with Crippen molar-refractivity contribution in [2.45, 2.75) is 50.9 Å². The Morgan fingerprint density at radius 3 is 2.22 bits per heavy atom. The zero-order valence-corrected chi connectivity index (χ0v) is 21.2. The fourth-order valence-electron chi connectivity index (χ4n) is 3.10. The highest BCUT2D eigenvalue weighted by Gasteiger charge is 2.35. The quantitative estimate of drug-likeness (QED) is 0.101. The van der Waals surface area contributed by atoms with Crippen LogP contribution in [0, 0.1) is 0 Å². The topological polar surface area (TPSA) is 202 Å². The second-order valence-electron chi connectivity index (χ2n) is 8.71. The summed E-state index contributed by atoms with van der Waals surface area (Å²) < 4.78 is 16.0. The van der Waals surface area contributed by atoms with Gasteiger partial charge < -0.3 is 35.9 Å². The summed E-state index contributed by atoms with van der Waals surface area (Å²) in [6.45, 7) is 3.90. The van der Waals surface area contributed by atoms with Gasteiger partial charge in [0.2, 0.25) is 17.7 Å². The lowest BCUT2D eigenvalue weighted by Crippen LogP contribution is -2.48. The third-order valence-electron chi connectivity index (χ3n) is 5.39. The standard InChI is InChI=1S/C24H38N6O7/c1-24(29-30-24)10-9-21(32)26-11-13-35-15-16-36-14-12-27-22(33)19(7-8-20(25)31)28-23(34)37-17-18-5-3-2-4-6-18/h2-6,19,29-30H,7-17H2,1H3,(H2,25,31)(H,26,32)(H,27,33)(H,28,34). The maximum absolute atomic E-state index is 12.5. The number of alkyl carbamates (subject to hydrolysis) is 1. The van der Waals surface area contributed by atoms with E-state index in [1.807, 2.05) is 25.1 Å². The number of amides is 4. The SMILES string of the molecule is CC1(CCC(=O)NCCOCCOCCNC(=O)C(CCC(N)=O)NC(=O)OCc2ccccc2)NN1. The van der Waals surface area contributed by atoms with Crippen molar-refractivity contribution >= 4 is 23.8 Å². The van der Waals surface area contributed by atoms with E-state index in [9.17, 15) is 19.2 Å². The normalized spacial score (nSPS) is 14.3. The van der Waals surface area contributed by atoms with Crippen LogP contribution in [-0.2, 0) is 35.2 Å². The number of hydrogen-bond donors (Lipinski definition) is 6. The van der Waals surface area contributed by atoms with Gasteiger partial charge >= 0.3 is 6.09 Å². The molecule has 0 saturated carbocycles. The van der Waals surface area contributed by atoms with Crippen LogP contribution < -0.4 is 32.5 Å². The highest BCUT2D eigenvalue weighted by Crippen LogP contribution is 2.15. The Balaban J connectivity index is 1.52. The van der Waals surface area contributed by atoms with Gasteiger partial charge in [0.05, 0.1) is 32.1 Å². The van der Waals surface area contributed by atoms with Crippen molar-refractivity contribution in [2.75, 3.05) is 39.5 Å². The van der Waals surface area contributed by atoms with Crippen molar-refractivity contribution in [3.05, 3.63) is 35.9 Å². The molecule has 0 bridgehead atoms. The molecule has 1 fully saturated rings. The first kappa shape index (κ1) is 30.0. The average molecular weight is 523 g/mol. The Kier molecular flexibility index (Phi) is 13.3. The second kappa shape index (κ2) is 16.5. The zero-order valence-electron chi connectivity index (χ0n) is 21.2. The van der Waals surface area contributed by atoms with Crippen molar-refractivity contribution in [2.24, 2.45) is 5.73 Å². The van der Waals surface area contributed by atoms with E-state index in [0.29, 0.717) is 39.2 Å². The molecule has 0 radical (unpaired) electrons. The van der Waals surface area contributed by atoms with E-state index in [2.05, 4.69) is 26.8 Å². The minimum absolute atomic E-state index is 0.0274. The number of ether oxygens (including phenoxy) is 3. The smallest absolute Gasteiger partial charge is 0.408 e. The third-order valence-corrected chi connectivity index (χ3v) is 5.39. The van der Waals surface area contributed by atoms with Gasteiger partial charge in [0, 0.05) is 25.9 Å². The molecule has 1 aromatic rings. The molecule has 1 saturated heterocycles. The first-order valence-electron chi connectivity index (χ1n) is 12.3. The molecule has 0 spiro atoms. The fraction of sp³-hybridized carbons (Fsp3) is 0.583. The molecule has 1 aliphatic rings. The lowest BCUT2D eigenvalue weighted by Gasteiger charge is -2.18. The number of primary amides is 1. The van der Waals surface area contributed by atoms with E-state index in [1.54, 1.807) is 12.1 Å². The van der Waals surface area contributed by atoms with E-state index in [-0.39, 0.29) is 44.2 Å². The third kappa shape index (κ3) is 14.2. The summed E-state index contributed by atoms with van der Waals surface area (Å²) in [6.07, 6.45) is 0.340. The predicted molar refractivity (Wildman–Crippen MR) is 134 cm³/mol. The minimum Gasteiger partial charge on any atom is -0.445 e. The molecule has 7 N–H and O–H groups in total. The highest BCUT2D eigenvalue weighted by atomic mass is 16.5. The van der Waals surface area contributed by atoms with E-state index in [4.69, 9.17) is 19.9 Å². The number of carbonyl (C=O) groups excluding carboxylic acids is 4. The lowest BCUT2D eigenvalue weighted by atomic mass is 10.1. The number of benzene rings is 1. The summed E-state index contributed by atoms with van der Waals surface area (Å²) in [4.78, 5) is 47.4. The monoisotopic (exact) mass is 522 g/mol. The molecule has 37 heavy (non-hydrogen) atoms. The second-order valence-corrected chi connectivity index (χ2v) is 8.71.